The quantitative estimate of drug-likeness (QED) is 0.816. The molecule has 1 unspecified atom stereocenters. The molecule has 96 valence electrons. The molecule has 0 saturated heterocycles. The third-order valence-corrected chi connectivity index (χ3v) is 3.33. The third kappa shape index (κ3) is 3.17. The van der Waals surface area contributed by atoms with Gasteiger partial charge < -0.3 is 15.3 Å². The largest absolute Gasteiger partial charge is 0.394 e. The van der Waals surface area contributed by atoms with Gasteiger partial charge in [-0.05, 0) is 40.0 Å². The van der Waals surface area contributed by atoms with E-state index in [-0.39, 0.29) is 18.2 Å². The van der Waals surface area contributed by atoms with E-state index in [4.69, 9.17) is 0 Å². The zero-order valence-electron chi connectivity index (χ0n) is 11.4. The molecule has 0 aromatic carbocycles. The molecule has 0 aliphatic heterocycles. The molecule has 2 N–H and O–H groups in total. The second-order valence-corrected chi connectivity index (χ2v) is 4.98. The third-order valence-electron chi connectivity index (χ3n) is 3.33. The fourth-order valence-corrected chi connectivity index (χ4v) is 1.46. The highest BCUT2D eigenvalue weighted by atomic mass is 16.3. The molecule has 0 aliphatic rings. The van der Waals surface area contributed by atoms with Crippen LogP contribution in [-0.4, -0.2) is 36.3 Å². The van der Waals surface area contributed by atoms with Crippen LogP contribution in [0.5, 0.6) is 0 Å². The fraction of sp³-hybridized carbons (Fsp3) is 0.615. The summed E-state index contributed by atoms with van der Waals surface area (Å²) in [7, 11) is 3.88. The minimum absolute atomic E-state index is 0.109. The highest BCUT2D eigenvalue weighted by Crippen LogP contribution is 2.22. The van der Waals surface area contributed by atoms with Gasteiger partial charge in [0.2, 0.25) is 0 Å². The Bertz CT molecular complexity index is 348. The van der Waals surface area contributed by atoms with Crippen LogP contribution in [0.4, 0.5) is 5.69 Å². The van der Waals surface area contributed by atoms with Gasteiger partial charge in [0.25, 0.3) is 0 Å². The van der Waals surface area contributed by atoms with E-state index in [0.29, 0.717) is 0 Å². The minimum atomic E-state index is -0.280. The molecule has 17 heavy (non-hydrogen) atoms. The molecule has 0 bridgehead atoms. The predicted molar refractivity (Wildman–Crippen MR) is 71.3 cm³/mol. The van der Waals surface area contributed by atoms with E-state index in [1.807, 2.05) is 51.2 Å². The summed E-state index contributed by atoms with van der Waals surface area (Å²) in [6.45, 7) is 6.18. The molecule has 1 heterocycles. The van der Waals surface area contributed by atoms with Crippen molar-refractivity contribution in [1.29, 1.82) is 0 Å². The van der Waals surface area contributed by atoms with Gasteiger partial charge >= 0.3 is 0 Å². The Morgan fingerprint density at radius 3 is 2.53 bits per heavy atom. The first kappa shape index (κ1) is 13.9. The van der Waals surface area contributed by atoms with Crippen molar-refractivity contribution in [2.45, 2.75) is 32.4 Å². The van der Waals surface area contributed by atoms with Gasteiger partial charge in [0.05, 0.1) is 29.7 Å². The molecule has 4 heteroatoms. The summed E-state index contributed by atoms with van der Waals surface area (Å²) < 4.78 is 0. The molecule has 1 atom stereocenters. The highest BCUT2D eigenvalue weighted by molar-refractivity contribution is 5.46. The number of anilines is 1. The van der Waals surface area contributed by atoms with Gasteiger partial charge in [0.1, 0.15) is 0 Å². The van der Waals surface area contributed by atoms with Crippen molar-refractivity contribution in [3.63, 3.8) is 0 Å². The first-order valence-electron chi connectivity index (χ1n) is 5.90. The van der Waals surface area contributed by atoms with Crippen molar-refractivity contribution >= 4 is 5.69 Å². The lowest BCUT2D eigenvalue weighted by atomic mass is 10.0. The number of aliphatic hydroxyl groups is 1. The van der Waals surface area contributed by atoms with Crippen molar-refractivity contribution in [3.8, 4) is 0 Å². The van der Waals surface area contributed by atoms with Crippen LogP contribution in [0.3, 0.4) is 0 Å². The van der Waals surface area contributed by atoms with Gasteiger partial charge in [-0.25, -0.2) is 0 Å². The maximum absolute atomic E-state index is 9.33. The maximum Gasteiger partial charge on any atom is 0.0658 e. The summed E-state index contributed by atoms with van der Waals surface area (Å²) >= 11 is 0. The Morgan fingerprint density at radius 2 is 2.12 bits per heavy atom. The monoisotopic (exact) mass is 237 g/mol. The van der Waals surface area contributed by atoms with Gasteiger partial charge in [-0.3, -0.25) is 4.98 Å². The molecule has 0 amide bonds. The Balaban J connectivity index is 2.88. The lowest BCUT2D eigenvalue weighted by molar-refractivity contribution is 0.216. The van der Waals surface area contributed by atoms with Gasteiger partial charge in [0.15, 0.2) is 0 Å². The van der Waals surface area contributed by atoms with Crippen LogP contribution in [0.1, 0.15) is 32.5 Å². The molecule has 1 rings (SSSR count). The molecule has 1 aromatic rings. The zero-order chi connectivity index (χ0) is 13.1. The summed E-state index contributed by atoms with van der Waals surface area (Å²) in [5.41, 5.74) is 1.75. The van der Waals surface area contributed by atoms with Crippen molar-refractivity contribution < 1.29 is 5.11 Å². The van der Waals surface area contributed by atoms with Crippen LogP contribution in [0, 0.1) is 0 Å². The smallest absolute Gasteiger partial charge is 0.0658 e. The number of rotatable bonds is 5. The summed E-state index contributed by atoms with van der Waals surface area (Å²) in [5, 5.41) is 12.5. The second kappa shape index (κ2) is 5.47. The first-order chi connectivity index (χ1) is 7.92. The molecule has 0 fully saturated rings. The zero-order valence-corrected chi connectivity index (χ0v) is 11.4. The van der Waals surface area contributed by atoms with Gasteiger partial charge in [-0.1, -0.05) is 0 Å². The van der Waals surface area contributed by atoms with E-state index >= 15 is 0 Å². The normalized spacial score (nSPS) is 13.5. The van der Waals surface area contributed by atoms with Crippen LogP contribution in [0.2, 0.25) is 0 Å². The molecular formula is C13H23N3O. The van der Waals surface area contributed by atoms with E-state index in [2.05, 4.69) is 17.2 Å². The average Bonchev–Trinajstić information content (AvgIpc) is 2.37. The summed E-state index contributed by atoms with van der Waals surface area (Å²) in [5.74, 6) is 0. The standard InChI is InChI=1S/C13H23N3O/c1-10(14-4)12-7-6-11(8-15-12)16(5)13(2,3)9-17/h6-8,10,14,17H,9H2,1-5H3. The summed E-state index contributed by atoms with van der Waals surface area (Å²) in [6.07, 6.45) is 1.85. The number of aromatic nitrogens is 1. The second-order valence-electron chi connectivity index (χ2n) is 4.98. The Morgan fingerprint density at radius 1 is 1.47 bits per heavy atom. The van der Waals surface area contributed by atoms with Gasteiger partial charge in [-0.15, -0.1) is 0 Å². The van der Waals surface area contributed by atoms with Crippen molar-refractivity contribution in [2.75, 3.05) is 25.6 Å². The minimum Gasteiger partial charge on any atom is -0.394 e. The molecule has 0 aliphatic carbocycles. The number of aliphatic hydroxyl groups excluding tert-OH is 1. The topological polar surface area (TPSA) is 48.4 Å². The number of nitrogens with one attached hydrogen (secondary N) is 1. The van der Waals surface area contributed by atoms with E-state index in [1.54, 1.807) is 0 Å². The highest BCUT2D eigenvalue weighted by Gasteiger charge is 2.22. The van der Waals surface area contributed by atoms with E-state index in [1.165, 1.54) is 0 Å². The fourth-order valence-electron chi connectivity index (χ4n) is 1.46. The Hall–Kier alpha value is -1.13. The molecule has 4 nitrogen and oxygen atoms in total. The predicted octanol–water partition coefficient (Wildman–Crippen LogP) is 1.57. The Labute approximate surface area is 104 Å². The van der Waals surface area contributed by atoms with Gasteiger partial charge in [0, 0.05) is 13.1 Å². The summed E-state index contributed by atoms with van der Waals surface area (Å²) in [6, 6.07) is 4.30. The van der Waals surface area contributed by atoms with Crippen LogP contribution in [0.15, 0.2) is 18.3 Å². The van der Waals surface area contributed by atoms with Crippen molar-refractivity contribution in [2.24, 2.45) is 0 Å². The molecule has 0 spiro atoms. The average molecular weight is 237 g/mol. The number of hydrogen-bond donors (Lipinski definition) is 2. The van der Waals surface area contributed by atoms with Crippen LogP contribution >= 0.6 is 0 Å². The van der Waals surface area contributed by atoms with E-state index < -0.39 is 0 Å². The first-order valence-corrected chi connectivity index (χ1v) is 5.90. The lowest BCUT2D eigenvalue weighted by Crippen LogP contribution is -2.44. The molecule has 0 radical (unpaired) electrons. The SMILES string of the molecule is CNC(C)c1ccc(N(C)C(C)(C)CO)cn1. The number of pyridine rings is 1. The number of hydrogen-bond acceptors (Lipinski definition) is 4. The van der Waals surface area contributed by atoms with E-state index in [9.17, 15) is 5.11 Å². The summed E-state index contributed by atoms with van der Waals surface area (Å²) in [4.78, 5) is 6.47. The molecule has 1 aromatic heterocycles. The van der Waals surface area contributed by atoms with Crippen LogP contribution in [0.25, 0.3) is 0 Å². The Kier molecular flexibility index (Phi) is 4.48. The molecular weight excluding hydrogens is 214 g/mol. The molecule has 0 saturated carbocycles. The lowest BCUT2D eigenvalue weighted by Gasteiger charge is -2.35. The van der Waals surface area contributed by atoms with Crippen LogP contribution in [-0.2, 0) is 0 Å². The number of likely N-dealkylation sites (N-methyl/N-ethyl adjacent to an activating group) is 1. The van der Waals surface area contributed by atoms with Crippen molar-refractivity contribution in [1.82, 2.24) is 10.3 Å². The van der Waals surface area contributed by atoms with E-state index in [0.717, 1.165) is 11.4 Å². The van der Waals surface area contributed by atoms with Gasteiger partial charge in [-0.2, -0.15) is 0 Å². The van der Waals surface area contributed by atoms with Crippen LogP contribution < -0.4 is 10.2 Å². The maximum atomic E-state index is 9.33. The van der Waals surface area contributed by atoms with Crippen molar-refractivity contribution in [3.05, 3.63) is 24.0 Å². The number of nitrogens with zero attached hydrogens (tertiary/aromatic N) is 2.